The van der Waals surface area contributed by atoms with Crippen LogP contribution in [0.1, 0.15) is 58.4 Å². The molecule has 0 spiro atoms. The Morgan fingerprint density at radius 2 is 2.00 bits per heavy atom. The third-order valence-corrected chi connectivity index (χ3v) is 7.07. The largest absolute Gasteiger partial charge is 0.481 e. The number of fused-ring (bicyclic) bond motifs is 1. The molecule has 1 aliphatic carbocycles. The van der Waals surface area contributed by atoms with Crippen LogP contribution in [0, 0.1) is 11.3 Å². The molecule has 2 N–H and O–H groups in total. The van der Waals surface area contributed by atoms with Crippen LogP contribution in [0.4, 0.5) is 5.82 Å². The van der Waals surface area contributed by atoms with Crippen LogP contribution in [0.3, 0.4) is 0 Å². The first-order valence-corrected chi connectivity index (χ1v) is 12.3. The Labute approximate surface area is 195 Å². The van der Waals surface area contributed by atoms with Gasteiger partial charge in [-0.1, -0.05) is 50.9 Å². The Kier molecular flexibility index (Phi) is 8.64. The third-order valence-electron chi connectivity index (χ3n) is 5.73. The highest BCUT2D eigenvalue weighted by Crippen LogP contribution is 2.37. The third kappa shape index (κ3) is 5.48. The van der Waals surface area contributed by atoms with Crippen molar-refractivity contribution in [3.05, 3.63) is 36.0 Å². The van der Waals surface area contributed by atoms with E-state index in [0.29, 0.717) is 22.7 Å². The molecule has 4 rings (SSSR count). The number of amidine groups is 1. The van der Waals surface area contributed by atoms with Crippen molar-refractivity contribution in [2.24, 2.45) is 10.9 Å². The van der Waals surface area contributed by atoms with E-state index in [9.17, 15) is 0 Å². The second-order valence-electron chi connectivity index (χ2n) is 7.71. The number of hydrogen-bond acceptors (Lipinski definition) is 7. The van der Waals surface area contributed by atoms with E-state index in [2.05, 4.69) is 22.5 Å². The number of nitrogens with one attached hydrogen (secondary N) is 2. The zero-order chi connectivity index (χ0) is 23.1. The molecule has 7 nitrogen and oxygen atoms in total. The van der Waals surface area contributed by atoms with Crippen LogP contribution >= 0.6 is 11.8 Å². The molecule has 0 amide bonds. The first kappa shape index (κ1) is 24.2. The number of rotatable bonds is 4. The molecule has 0 bridgehead atoms. The quantitative estimate of drug-likeness (QED) is 0.451. The van der Waals surface area contributed by atoms with Crippen LogP contribution in [-0.2, 0) is 4.74 Å². The number of aliphatic imine (C=N–C) groups is 1. The smallest absolute Gasteiger partial charge is 0.213 e. The molecule has 2 fully saturated rings. The van der Waals surface area contributed by atoms with Crippen molar-refractivity contribution in [2.45, 2.75) is 58.2 Å². The van der Waals surface area contributed by atoms with Gasteiger partial charge in [0.2, 0.25) is 5.90 Å². The number of thioether (sulfide) groups is 1. The molecule has 3 heterocycles. The first-order chi connectivity index (χ1) is 15.6. The second kappa shape index (κ2) is 11.4. The number of ether oxygens (including phenoxy) is 1. The van der Waals surface area contributed by atoms with Gasteiger partial charge in [0, 0.05) is 24.4 Å². The summed E-state index contributed by atoms with van der Waals surface area (Å²) in [7, 11) is 3.60. The molecule has 1 saturated heterocycles. The molecule has 0 radical (unpaired) electrons. The van der Waals surface area contributed by atoms with Gasteiger partial charge in [0.15, 0.2) is 11.0 Å². The fourth-order valence-corrected chi connectivity index (χ4v) is 5.41. The normalized spacial score (nSPS) is 21.2. The van der Waals surface area contributed by atoms with Gasteiger partial charge in [-0.2, -0.15) is 0 Å². The van der Waals surface area contributed by atoms with E-state index in [4.69, 9.17) is 20.1 Å². The van der Waals surface area contributed by atoms with Gasteiger partial charge in [-0.05, 0) is 43.9 Å². The SMILES string of the molecule is C/C=C(\C(=N)OC)c1cnc2ccc(N=C3NN(C)C(C4CCCCC4)S3)nc2c1.CC. The zero-order valence-corrected chi connectivity index (χ0v) is 20.5. The molecule has 2 aliphatic rings. The topological polar surface area (TPSA) is 86.5 Å². The van der Waals surface area contributed by atoms with Crippen LogP contribution in [0.2, 0.25) is 0 Å². The highest BCUT2D eigenvalue weighted by molar-refractivity contribution is 8.14. The number of hydrazine groups is 1. The van der Waals surface area contributed by atoms with E-state index in [0.717, 1.165) is 21.8 Å². The van der Waals surface area contributed by atoms with Gasteiger partial charge < -0.3 is 4.74 Å². The highest BCUT2D eigenvalue weighted by Gasteiger charge is 2.34. The van der Waals surface area contributed by atoms with Crippen LogP contribution in [0.25, 0.3) is 16.6 Å². The van der Waals surface area contributed by atoms with E-state index in [1.165, 1.54) is 39.2 Å². The molecule has 2 aromatic rings. The predicted octanol–water partition coefficient (Wildman–Crippen LogP) is 5.76. The predicted molar refractivity (Wildman–Crippen MR) is 135 cm³/mol. The van der Waals surface area contributed by atoms with Crippen molar-refractivity contribution in [1.82, 2.24) is 20.4 Å². The molecule has 0 aromatic carbocycles. The van der Waals surface area contributed by atoms with Crippen LogP contribution in [0.15, 0.2) is 35.5 Å². The van der Waals surface area contributed by atoms with E-state index in [-0.39, 0.29) is 5.90 Å². The van der Waals surface area contributed by atoms with Crippen molar-refractivity contribution < 1.29 is 4.74 Å². The van der Waals surface area contributed by atoms with Crippen LogP contribution < -0.4 is 5.43 Å². The molecular weight excluding hydrogens is 420 g/mol. The van der Waals surface area contributed by atoms with Crippen molar-refractivity contribution in [1.29, 1.82) is 5.41 Å². The number of hydrogen-bond donors (Lipinski definition) is 2. The Balaban J connectivity index is 0.00000141. The van der Waals surface area contributed by atoms with Crippen molar-refractivity contribution in [2.75, 3.05) is 14.2 Å². The lowest BCUT2D eigenvalue weighted by Gasteiger charge is -2.29. The fraction of sp³-hybridized carbons (Fsp3) is 0.500. The van der Waals surface area contributed by atoms with Gasteiger partial charge in [-0.15, -0.1) is 0 Å². The number of aromatic nitrogens is 2. The molecule has 1 unspecified atom stereocenters. The second-order valence-corrected chi connectivity index (χ2v) is 8.82. The summed E-state index contributed by atoms with van der Waals surface area (Å²) in [6.45, 7) is 5.88. The molecule has 1 atom stereocenters. The summed E-state index contributed by atoms with van der Waals surface area (Å²) in [5.74, 6) is 1.47. The van der Waals surface area contributed by atoms with Gasteiger partial charge >= 0.3 is 0 Å². The lowest BCUT2D eigenvalue weighted by molar-refractivity contribution is 0.193. The lowest BCUT2D eigenvalue weighted by Crippen LogP contribution is -2.38. The summed E-state index contributed by atoms with van der Waals surface area (Å²) < 4.78 is 5.08. The number of nitrogens with zero attached hydrogens (tertiary/aromatic N) is 4. The van der Waals surface area contributed by atoms with Crippen molar-refractivity contribution in [3.63, 3.8) is 0 Å². The standard InChI is InChI=1S/C22H28N6OS.C2H6/c1-4-16(20(23)29-3)15-12-18-17(24-13-15)10-11-19(25-18)26-22-27-28(2)21(30-22)14-8-6-5-7-9-14;1-2/h4,10-14,21,23H,5-9H2,1-3H3,(H,25,26,27);1-2H3/b16-4-,23-20?;. The van der Waals surface area contributed by atoms with E-state index in [1.54, 1.807) is 18.0 Å². The Morgan fingerprint density at radius 1 is 1.25 bits per heavy atom. The van der Waals surface area contributed by atoms with Crippen LogP contribution in [0.5, 0.6) is 0 Å². The van der Waals surface area contributed by atoms with Crippen molar-refractivity contribution in [3.8, 4) is 0 Å². The maximum atomic E-state index is 7.98. The Hall–Kier alpha value is -2.45. The summed E-state index contributed by atoms with van der Waals surface area (Å²) in [4.78, 5) is 14.0. The molecule has 1 aliphatic heterocycles. The van der Waals surface area contributed by atoms with E-state index in [1.807, 2.05) is 45.0 Å². The van der Waals surface area contributed by atoms with E-state index >= 15 is 0 Å². The van der Waals surface area contributed by atoms with E-state index < -0.39 is 0 Å². The monoisotopic (exact) mass is 454 g/mol. The number of allylic oxidation sites excluding steroid dienone is 1. The Bertz CT molecular complexity index is 999. The fourth-order valence-electron chi connectivity index (χ4n) is 4.17. The minimum atomic E-state index is 0.110. The minimum absolute atomic E-state index is 0.110. The maximum absolute atomic E-state index is 7.98. The average molecular weight is 455 g/mol. The summed E-state index contributed by atoms with van der Waals surface area (Å²) >= 11 is 1.80. The van der Waals surface area contributed by atoms with Gasteiger partial charge in [0.05, 0.1) is 23.5 Å². The summed E-state index contributed by atoms with van der Waals surface area (Å²) in [5, 5.41) is 11.5. The van der Waals surface area contributed by atoms with Gasteiger partial charge in [-0.3, -0.25) is 15.8 Å². The molecular formula is C24H34N6OS. The summed E-state index contributed by atoms with van der Waals surface area (Å²) in [5.41, 5.74) is 6.44. The van der Waals surface area contributed by atoms with Gasteiger partial charge in [0.25, 0.3) is 0 Å². The Morgan fingerprint density at radius 3 is 2.69 bits per heavy atom. The van der Waals surface area contributed by atoms with Gasteiger partial charge in [0.1, 0.15) is 0 Å². The molecule has 1 saturated carbocycles. The molecule has 32 heavy (non-hydrogen) atoms. The zero-order valence-electron chi connectivity index (χ0n) is 19.7. The molecule has 172 valence electrons. The van der Waals surface area contributed by atoms with Crippen LogP contribution in [-0.4, -0.2) is 45.6 Å². The molecule has 8 heteroatoms. The summed E-state index contributed by atoms with van der Waals surface area (Å²) in [6.07, 6.45) is 10.2. The number of methoxy groups -OCH3 is 1. The average Bonchev–Trinajstić information content (AvgIpc) is 3.20. The number of pyridine rings is 2. The first-order valence-electron chi connectivity index (χ1n) is 11.4. The van der Waals surface area contributed by atoms with Crippen molar-refractivity contribution >= 4 is 45.3 Å². The van der Waals surface area contributed by atoms with Gasteiger partial charge in [-0.25, -0.2) is 15.0 Å². The minimum Gasteiger partial charge on any atom is -0.481 e. The highest BCUT2D eigenvalue weighted by atomic mass is 32.2. The molecule has 2 aromatic heterocycles. The maximum Gasteiger partial charge on any atom is 0.213 e. The summed E-state index contributed by atoms with van der Waals surface area (Å²) in [6, 6.07) is 5.76. The lowest BCUT2D eigenvalue weighted by atomic mass is 9.89.